The number of unbranched alkanes of at least 4 members (excludes halogenated alkanes) is 1. The number of rotatable bonds is 9. The first-order chi connectivity index (χ1) is 15.9. The zero-order valence-electron chi connectivity index (χ0n) is 19.1. The van der Waals surface area contributed by atoms with Crippen LogP contribution in [0.2, 0.25) is 0 Å². The normalized spacial score (nSPS) is 11.2. The Kier molecular flexibility index (Phi) is 8.22. The molecule has 33 heavy (non-hydrogen) atoms. The minimum absolute atomic E-state index is 0.0528. The van der Waals surface area contributed by atoms with Crippen molar-refractivity contribution in [3.05, 3.63) is 80.8 Å². The van der Waals surface area contributed by atoms with Gasteiger partial charge in [-0.25, -0.2) is 4.79 Å². The van der Waals surface area contributed by atoms with Crippen molar-refractivity contribution in [2.24, 2.45) is 0 Å². The van der Waals surface area contributed by atoms with E-state index in [9.17, 15) is 14.9 Å². The van der Waals surface area contributed by atoms with E-state index in [0.717, 1.165) is 40.4 Å². The highest BCUT2D eigenvalue weighted by molar-refractivity contribution is 7.09. The molecule has 3 rings (SSSR count). The maximum absolute atomic E-state index is 12.5. The zero-order valence-corrected chi connectivity index (χ0v) is 19.9. The van der Waals surface area contributed by atoms with Gasteiger partial charge in [0.2, 0.25) is 0 Å². The summed E-state index contributed by atoms with van der Waals surface area (Å²) in [4.78, 5) is 25.7. The summed E-state index contributed by atoms with van der Waals surface area (Å²) >= 11 is 1.55. The van der Waals surface area contributed by atoms with Crippen LogP contribution in [-0.4, -0.2) is 23.1 Å². The first-order valence-corrected chi connectivity index (χ1v) is 11.7. The lowest BCUT2D eigenvalue weighted by Gasteiger charge is -2.11. The molecule has 0 bridgehead atoms. The second-order valence-electron chi connectivity index (χ2n) is 7.63. The molecule has 6 nitrogen and oxygen atoms in total. The van der Waals surface area contributed by atoms with Crippen molar-refractivity contribution < 1.29 is 14.3 Å². The van der Waals surface area contributed by atoms with Crippen LogP contribution in [0, 0.1) is 25.2 Å². The first-order valence-electron chi connectivity index (χ1n) is 10.8. The largest absolute Gasteiger partial charge is 0.462 e. The Morgan fingerprint density at radius 2 is 1.97 bits per heavy atom. The Hall–Kier alpha value is -3.63. The van der Waals surface area contributed by atoms with E-state index in [2.05, 4.69) is 5.32 Å². The monoisotopic (exact) mass is 461 g/mol. The molecule has 2 heterocycles. The van der Waals surface area contributed by atoms with Crippen LogP contribution in [-0.2, 0) is 16.1 Å². The zero-order chi connectivity index (χ0) is 23.8. The molecule has 7 heteroatoms. The van der Waals surface area contributed by atoms with Crippen LogP contribution in [0.4, 0.5) is 0 Å². The Bertz CT molecular complexity index is 1180. The van der Waals surface area contributed by atoms with Crippen LogP contribution in [0.25, 0.3) is 11.8 Å². The van der Waals surface area contributed by atoms with Crippen molar-refractivity contribution in [3.63, 3.8) is 0 Å². The summed E-state index contributed by atoms with van der Waals surface area (Å²) in [5.41, 5.74) is 4.08. The van der Waals surface area contributed by atoms with Crippen LogP contribution in [0.3, 0.4) is 0 Å². The molecule has 2 aromatic heterocycles. The van der Waals surface area contributed by atoms with Gasteiger partial charge < -0.3 is 14.6 Å². The number of nitrogens with one attached hydrogen (secondary N) is 1. The molecule has 1 N–H and O–H groups in total. The number of ether oxygens (including phenoxy) is 1. The van der Waals surface area contributed by atoms with Gasteiger partial charge in [-0.1, -0.05) is 19.4 Å². The van der Waals surface area contributed by atoms with Crippen LogP contribution in [0.5, 0.6) is 0 Å². The van der Waals surface area contributed by atoms with Gasteiger partial charge in [0.1, 0.15) is 11.6 Å². The molecule has 0 aliphatic rings. The summed E-state index contributed by atoms with van der Waals surface area (Å²) in [5, 5.41) is 14.3. The van der Waals surface area contributed by atoms with Crippen molar-refractivity contribution in [1.29, 1.82) is 5.26 Å². The molecule has 3 aromatic rings. The van der Waals surface area contributed by atoms with E-state index in [1.54, 1.807) is 29.5 Å². The molecule has 0 unspecified atom stereocenters. The molecule has 1 aromatic carbocycles. The van der Waals surface area contributed by atoms with E-state index in [4.69, 9.17) is 4.74 Å². The number of hydrogen-bond donors (Lipinski definition) is 1. The summed E-state index contributed by atoms with van der Waals surface area (Å²) in [6, 6.07) is 15.0. The molecule has 170 valence electrons. The molecule has 0 aliphatic carbocycles. The van der Waals surface area contributed by atoms with Gasteiger partial charge in [-0.3, -0.25) is 4.79 Å². The molecule has 0 saturated heterocycles. The summed E-state index contributed by atoms with van der Waals surface area (Å²) in [6.07, 6.45) is 3.43. The molecular weight excluding hydrogens is 434 g/mol. The van der Waals surface area contributed by atoms with Crippen LogP contribution >= 0.6 is 11.3 Å². The van der Waals surface area contributed by atoms with Crippen molar-refractivity contribution in [1.82, 2.24) is 9.88 Å². The van der Waals surface area contributed by atoms with E-state index in [1.807, 2.05) is 67.1 Å². The first kappa shape index (κ1) is 24.0. The number of amides is 1. The fraction of sp³-hybridized carbons (Fsp3) is 0.269. The number of thiophene rings is 1. The predicted octanol–water partition coefficient (Wildman–Crippen LogP) is 5.34. The molecule has 0 atom stereocenters. The molecule has 0 aliphatic heterocycles. The predicted molar refractivity (Wildman–Crippen MR) is 130 cm³/mol. The lowest BCUT2D eigenvalue weighted by molar-refractivity contribution is -0.117. The van der Waals surface area contributed by atoms with Crippen molar-refractivity contribution >= 4 is 29.3 Å². The van der Waals surface area contributed by atoms with E-state index in [-0.39, 0.29) is 11.5 Å². The van der Waals surface area contributed by atoms with Crippen molar-refractivity contribution in [3.8, 4) is 11.8 Å². The Labute approximate surface area is 198 Å². The smallest absolute Gasteiger partial charge is 0.338 e. The maximum Gasteiger partial charge on any atom is 0.338 e. The van der Waals surface area contributed by atoms with E-state index >= 15 is 0 Å². The Balaban J connectivity index is 1.78. The van der Waals surface area contributed by atoms with Gasteiger partial charge in [0.25, 0.3) is 5.91 Å². The summed E-state index contributed by atoms with van der Waals surface area (Å²) in [5.74, 6) is -0.728. The molecule has 1 amide bonds. The SMILES string of the molecule is CCCCOC(=O)c1ccc(-n2c(C)cc(/C=C(\C#N)C(=O)NCc3cccs3)c2C)cc1. The van der Waals surface area contributed by atoms with E-state index in [0.29, 0.717) is 18.7 Å². The third-order valence-corrected chi connectivity index (χ3v) is 6.11. The average Bonchev–Trinajstić information content (AvgIpc) is 3.43. The van der Waals surface area contributed by atoms with Crippen molar-refractivity contribution in [2.75, 3.05) is 6.61 Å². The quantitative estimate of drug-likeness (QED) is 0.202. The van der Waals surface area contributed by atoms with Gasteiger partial charge in [0, 0.05) is 22.0 Å². The van der Waals surface area contributed by atoms with Crippen molar-refractivity contribution in [2.45, 2.75) is 40.2 Å². The van der Waals surface area contributed by atoms with Gasteiger partial charge in [0.05, 0.1) is 18.7 Å². The fourth-order valence-corrected chi connectivity index (χ4v) is 4.09. The highest BCUT2D eigenvalue weighted by Crippen LogP contribution is 2.23. The number of nitrogens with zero attached hydrogens (tertiary/aromatic N) is 2. The van der Waals surface area contributed by atoms with Crippen LogP contribution < -0.4 is 5.32 Å². The summed E-state index contributed by atoms with van der Waals surface area (Å²) in [6.45, 7) is 6.75. The van der Waals surface area contributed by atoms with Gasteiger partial charge in [-0.05, 0) is 73.7 Å². The number of nitriles is 1. The third-order valence-electron chi connectivity index (χ3n) is 5.23. The third kappa shape index (κ3) is 5.99. The maximum atomic E-state index is 12.5. The molecule has 0 saturated carbocycles. The van der Waals surface area contributed by atoms with Gasteiger partial charge in [0.15, 0.2) is 0 Å². The van der Waals surface area contributed by atoms with E-state index < -0.39 is 5.91 Å². The number of carbonyl (C=O) groups is 2. The van der Waals surface area contributed by atoms with Gasteiger partial charge >= 0.3 is 5.97 Å². The minimum atomic E-state index is -0.401. The summed E-state index contributed by atoms with van der Waals surface area (Å²) < 4.78 is 7.29. The fourth-order valence-electron chi connectivity index (χ4n) is 3.45. The van der Waals surface area contributed by atoms with Crippen LogP contribution in [0.1, 0.15) is 52.0 Å². The average molecular weight is 462 g/mol. The lowest BCUT2D eigenvalue weighted by Crippen LogP contribution is -2.23. The van der Waals surface area contributed by atoms with E-state index in [1.165, 1.54) is 0 Å². The number of aryl methyl sites for hydroxylation is 1. The Morgan fingerprint density at radius 3 is 2.61 bits per heavy atom. The summed E-state index contributed by atoms with van der Waals surface area (Å²) in [7, 11) is 0. The topological polar surface area (TPSA) is 84.1 Å². The standard InChI is InChI=1S/C26H27N3O3S/c1-4-5-12-32-26(31)20-8-10-23(11-9-20)29-18(2)14-21(19(29)3)15-22(16-27)25(30)28-17-24-7-6-13-33-24/h6-11,13-15H,4-5,12,17H2,1-3H3,(H,28,30)/b22-15+. The van der Waals surface area contributed by atoms with Gasteiger partial charge in [-0.15, -0.1) is 11.3 Å². The second-order valence-corrected chi connectivity index (χ2v) is 8.66. The highest BCUT2D eigenvalue weighted by atomic mass is 32.1. The number of benzene rings is 1. The highest BCUT2D eigenvalue weighted by Gasteiger charge is 2.15. The molecule has 0 radical (unpaired) electrons. The number of aromatic nitrogens is 1. The Morgan fingerprint density at radius 1 is 1.21 bits per heavy atom. The van der Waals surface area contributed by atoms with Gasteiger partial charge in [-0.2, -0.15) is 5.26 Å². The molecule has 0 spiro atoms. The number of carbonyl (C=O) groups excluding carboxylic acids is 2. The number of hydrogen-bond acceptors (Lipinski definition) is 5. The second kappa shape index (κ2) is 11.3. The molecule has 0 fully saturated rings. The number of esters is 1. The minimum Gasteiger partial charge on any atom is -0.462 e. The van der Waals surface area contributed by atoms with Crippen LogP contribution in [0.15, 0.2) is 53.4 Å². The molecular formula is C26H27N3O3S. The lowest BCUT2D eigenvalue weighted by atomic mass is 10.1.